The van der Waals surface area contributed by atoms with Crippen LogP contribution in [0.25, 0.3) is 0 Å². The lowest BCUT2D eigenvalue weighted by Crippen LogP contribution is -2.38. The molecule has 0 saturated carbocycles. The van der Waals surface area contributed by atoms with Gasteiger partial charge in [-0.1, -0.05) is 0 Å². The van der Waals surface area contributed by atoms with Crippen LogP contribution < -0.4 is 5.32 Å². The molecular formula is C14H22BrClN2S. The molecule has 1 aromatic heterocycles. The van der Waals surface area contributed by atoms with Gasteiger partial charge in [-0.2, -0.15) is 0 Å². The molecule has 108 valence electrons. The monoisotopic (exact) mass is 364 g/mol. The number of rotatable bonds is 3. The van der Waals surface area contributed by atoms with E-state index >= 15 is 0 Å². The molecule has 1 aromatic rings. The van der Waals surface area contributed by atoms with Crippen LogP contribution in [-0.4, -0.2) is 31.1 Å². The summed E-state index contributed by atoms with van der Waals surface area (Å²) in [6.45, 7) is 5.01. The Labute approximate surface area is 134 Å². The van der Waals surface area contributed by atoms with Crippen LogP contribution in [0.2, 0.25) is 0 Å². The van der Waals surface area contributed by atoms with E-state index in [0.29, 0.717) is 6.04 Å². The van der Waals surface area contributed by atoms with Gasteiger partial charge in [0.25, 0.3) is 0 Å². The fourth-order valence-electron chi connectivity index (χ4n) is 3.29. The lowest BCUT2D eigenvalue weighted by Gasteiger charge is -2.30. The maximum absolute atomic E-state index is 3.59. The van der Waals surface area contributed by atoms with E-state index in [1.165, 1.54) is 55.6 Å². The summed E-state index contributed by atoms with van der Waals surface area (Å²) < 4.78 is 1.27. The highest BCUT2D eigenvalue weighted by Gasteiger charge is 2.29. The average Bonchev–Trinajstić information content (AvgIpc) is 2.99. The highest BCUT2D eigenvalue weighted by Crippen LogP contribution is 2.37. The Morgan fingerprint density at radius 2 is 2.21 bits per heavy atom. The van der Waals surface area contributed by atoms with Crippen LogP contribution in [0, 0.1) is 5.92 Å². The third-order valence-electron chi connectivity index (χ3n) is 4.18. The molecule has 0 aromatic carbocycles. The number of thiophene rings is 1. The summed E-state index contributed by atoms with van der Waals surface area (Å²) in [5, 5.41) is 3.54. The smallest absolute Gasteiger partial charge is 0.0701 e. The Kier molecular flexibility index (Phi) is 6.15. The van der Waals surface area contributed by atoms with Gasteiger partial charge in [0.2, 0.25) is 0 Å². The molecular weight excluding hydrogens is 344 g/mol. The number of hydrogen-bond acceptors (Lipinski definition) is 3. The topological polar surface area (TPSA) is 15.3 Å². The SMILES string of the molecule is Brc1ccc(C2CCCN2CC2CCCNC2)s1.Cl. The molecule has 0 aliphatic carbocycles. The van der Waals surface area contributed by atoms with Gasteiger partial charge in [-0.3, -0.25) is 4.90 Å². The quantitative estimate of drug-likeness (QED) is 0.868. The lowest BCUT2D eigenvalue weighted by molar-refractivity contribution is 0.197. The van der Waals surface area contributed by atoms with E-state index < -0.39 is 0 Å². The Bertz CT molecular complexity index is 393. The first-order valence-corrected chi connectivity index (χ1v) is 8.64. The summed E-state index contributed by atoms with van der Waals surface area (Å²) >= 11 is 5.50. The normalized spacial score (nSPS) is 28.3. The Morgan fingerprint density at radius 3 is 2.89 bits per heavy atom. The van der Waals surface area contributed by atoms with E-state index in [4.69, 9.17) is 0 Å². The molecule has 2 aliphatic heterocycles. The van der Waals surface area contributed by atoms with Gasteiger partial charge < -0.3 is 5.32 Å². The molecule has 2 saturated heterocycles. The molecule has 2 nitrogen and oxygen atoms in total. The number of nitrogens with one attached hydrogen (secondary N) is 1. The molecule has 0 bridgehead atoms. The van der Waals surface area contributed by atoms with Crippen molar-refractivity contribution in [1.29, 1.82) is 0 Å². The highest BCUT2D eigenvalue weighted by atomic mass is 79.9. The number of hydrogen-bond donors (Lipinski definition) is 1. The Hall–Kier alpha value is 0.390. The molecule has 2 unspecified atom stereocenters. The second kappa shape index (κ2) is 7.41. The second-order valence-electron chi connectivity index (χ2n) is 5.51. The highest BCUT2D eigenvalue weighted by molar-refractivity contribution is 9.11. The molecule has 0 spiro atoms. The molecule has 19 heavy (non-hydrogen) atoms. The summed E-state index contributed by atoms with van der Waals surface area (Å²) in [7, 11) is 0. The second-order valence-corrected chi connectivity index (χ2v) is 8.00. The van der Waals surface area contributed by atoms with Gasteiger partial charge in [0.15, 0.2) is 0 Å². The fraction of sp³-hybridized carbons (Fsp3) is 0.714. The summed E-state index contributed by atoms with van der Waals surface area (Å²) in [4.78, 5) is 4.26. The Balaban J connectivity index is 0.00000133. The maximum atomic E-state index is 3.59. The zero-order chi connectivity index (χ0) is 12.4. The summed E-state index contributed by atoms with van der Waals surface area (Å²) in [6.07, 6.45) is 5.46. The van der Waals surface area contributed by atoms with Crippen molar-refractivity contribution in [2.45, 2.75) is 31.7 Å². The van der Waals surface area contributed by atoms with Crippen LogP contribution in [-0.2, 0) is 0 Å². The third-order valence-corrected chi connectivity index (χ3v) is 5.90. The predicted octanol–water partition coefficient (Wildman–Crippen LogP) is 4.07. The average molecular weight is 366 g/mol. The zero-order valence-electron chi connectivity index (χ0n) is 11.1. The fourth-order valence-corrected chi connectivity index (χ4v) is 4.88. The van der Waals surface area contributed by atoms with Crippen LogP contribution in [0.1, 0.15) is 36.6 Å². The van der Waals surface area contributed by atoms with Crippen LogP contribution in [0.5, 0.6) is 0 Å². The van der Waals surface area contributed by atoms with Crippen molar-refractivity contribution in [1.82, 2.24) is 10.2 Å². The minimum Gasteiger partial charge on any atom is -0.316 e. The molecule has 2 aliphatic rings. The molecule has 2 atom stereocenters. The van der Waals surface area contributed by atoms with Gasteiger partial charge in [0.1, 0.15) is 0 Å². The van der Waals surface area contributed by atoms with Gasteiger partial charge in [-0.05, 0) is 79.3 Å². The molecule has 0 radical (unpaired) electrons. The van der Waals surface area contributed by atoms with Gasteiger partial charge in [0, 0.05) is 17.5 Å². The van der Waals surface area contributed by atoms with Gasteiger partial charge in [-0.15, -0.1) is 23.7 Å². The van der Waals surface area contributed by atoms with Gasteiger partial charge in [-0.25, -0.2) is 0 Å². The zero-order valence-corrected chi connectivity index (χ0v) is 14.3. The van der Waals surface area contributed by atoms with Gasteiger partial charge >= 0.3 is 0 Å². The molecule has 3 heterocycles. The van der Waals surface area contributed by atoms with Crippen molar-refractivity contribution < 1.29 is 0 Å². The first kappa shape index (κ1) is 15.8. The third kappa shape index (κ3) is 3.94. The van der Waals surface area contributed by atoms with Crippen molar-refractivity contribution in [2.75, 3.05) is 26.2 Å². The first-order valence-electron chi connectivity index (χ1n) is 7.03. The minimum atomic E-state index is 0. The van der Waals surface area contributed by atoms with Crippen LogP contribution in [0.4, 0.5) is 0 Å². The predicted molar refractivity (Wildman–Crippen MR) is 88.4 cm³/mol. The van der Waals surface area contributed by atoms with Crippen molar-refractivity contribution in [2.24, 2.45) is 5.92 Å². The van der Waals surface area contributed by atoms with Crippen LogP contribution in [0.3, 0.4) is 0 Å². The van der Waals surface area contributed by atoms with Crippen LogP contribution in [0.15, 0.2) is 15.9 Å². The minimum absolute atomic E-state index is 0. The summed E-state index contributed by atoms with van der Waals surface area (Å²) in [5.41, 5.74) is 0. The van der Waals surface area contributed by atoms with Crippen LogP contribution >= 0.6 is 39.7 Å². The van der Waals surface area contributed by atoms with Crippen molar-refractivity contribution in [3.05, 3.63) is 20.8 Å². The standard InChI is InChI=1S/C14H21BrN2S.ClH/c15-14-6-5-13(18-14)12-4-2-8-17(12)10-11-3-1-7-16-9-11;/h5-6,11-12,16H,1-4,7-10H2;1H. The maximum Gasteiger partial charge on any atom is 0.0701 e. The van der Waals surface area contributed by atoms with Crippen molar-refractivity contribution >= 4 is 39.7 Å². The van der Waals surface area contributed by atoms with E-state index in [2.05, 4.69) is 38.3 Å². The van der Waals surface area contributed by atoms with E-state index in [1.807, 2.05) is 11.3 Å². The number of piperidine rings is 1. The Morgan fingerprint density at radius 1 is 1.32 bits per heavy atom. The molecule has 0 amide bonds. The van der Waals surface area contributed by atoms with E-state index in [0.717, 1.165) is 5.92 Å². The van der Waals surface area contributed by atoms with E-state index in [1.54, 1.807) is 4.88 Å². The molecule has 5 heteroatoms. The van der Waals surface area contributed by atoms with Crippen molar-refractivity contribution in [3.63, 3.8) is 0 Å². The molecule has 3 rings (SSSR count). The first-order chi connectivity index (χ1) is 8.83. The number of nitrogens with zero attached hydrogens (tertiary/aromatic N) is 1. The van der Waals surface area contributed by atoms with E-state index in [-0.39, 0.29) is 12.4 Å². The molecule has 1 N–H and O–H groups in total. The molecule has 2 fully saturated rings. The summed E-state index contributed by atoms with van der Waals surface area (Å²) in [5.74, 6) is 0.864. The summed E-state index contributed by atoms with van der Waals surface area (Å²) in [6, 6.07) is 5.18. The number of halogens is 2. The van der Waals surface area contributed by atoms with Gasteiger partial charge in [0.05, 0.1) is 3.79 Å². The lowest BCUT2D eigenvalue weighted by atomic mass is 9.98. The van der Waals surface area contributed by atoms with E-state index in [9.17, 15) is 0 Å². The van der Waals surface area contributed by atoms with Crippen molar-refractivity contribution in [3.8, 4) is 0 Å². The largest absolute Gasteiger partial charge is 0.316 e. The number of likely N-dealkylation sites (tertiary alicyclic amines) is 1.